The van der Waals surface area contributed by atoms with Crippen molar-refractivity contribution in [3.8, 4) is 5.75 Å². The number of ether oxygens (including phenoxy) is 2. The van der Waals surface area contributed by atoms with Crippen LogP contribution in [0.4, 0.5) is 0 Å². The van der Waals surface area contributed by atoms with Gasteiger partial charge in [-0.15, -0.1) is 0 Å². The Balaban J connectivity index is 1.60. The van der Waals surface area contributed by atoms with Crippen LogP contribution in [0.5, 0.6) is 5.75 Å². The fourth-order valence-corrected chi connectivity index (χ4v) is 2.36. The van der Waals surface area contributed by atoms with E-state index in [-0.39, 0.29) is 24.2 Å². The third-order valence-corrected chi connectivity index (χ3v) is 3.52. The molecule has 0 aliphatic carbocycles. The molecule has 0 saturated carbocycles. The molecule has 1 atom stereocenters. The fraction of sp³-hybridized carbons (Fsp3) is 0.278. The van der Waals surface area contributed by atoms with E-state index in [4.69, 9.17) is 13.9 Å². The van der Waals surface area contributed by atoms with Gasteiger partial charge in [-0.05, 0) is 31.2 Å². The van der Waals surface area contributed by atoms with Crippen molar-refractivity contribution < 1.29 is 18.7 Å². The number of nitrogens with one attached hydrogen (secondary N) is 1. The van der Waals surface area contributed by atoms with E-state index in [1.54, 1.807) is 13.3 Å². The molecule has 1 N–H and O–H groups in total. The molecule has 0 radical (unpaired) electrons. The molecule has 130 valence electrons. The van der Waals surface area contributed by atoms with Crippen molar-refractivity contribution in [1.82, 2.24) is 15.3 Å². The number of hydrogen-bond acceptors (Lipinski definition) is 6. The van der Waals surface area contributed by atoms with Gasteiger partial charge in [-0.2, -0.15) is 0 Å². The molecule has 1 aromatic carbocycles. The highest BCUT2D eigenvalue weighted by molar-refractivity contribution is 5.92. The van der Waals surface area contributed by atoms with Gasteiger partial charge >= 0.3 is 0 Å². The van der Waals surface area contributed by atoms with Gasteiger partial charge in [0.15, 0.2) is 12.3 Å². The maximum atomic E-state index is 12.0. The average molecular weight is 341 g/mol. The fourth-order valence-electron chi connectivity index (χ4n) is 2.36. The lowest BCUT2D eigenvalue weighted by atomic mass is 10.2. The van der Waals surface area contributed by atoms with E-state index >= 15 is 0 Å². The number of amides is 1. The molecule has 2 heterocycles. The van der Waals surface area contributed by atoms with Crippen molar-refractivity contribution in [3.63, 3.8) is 0 Å². The minimum atomic E-state index is -0.309. The Morgan fingerprint density at radius 2 is 2.24 bits per heavy atom. The molecule has 2 aromatic heterocycles. The Morgan fingerprint density at radius 1 is 1.36 bits per heavy atom. The zero-order valence-corrected chi connectivity index (χ0v) is 14.1. The third-order valence-electron chi connectivity index (χ3n) is 3.52. The molecule has 3 rings (SSSR count). The van der Waals surface area contributed by atoms with Crippen molar-refractivity contribution in [1.29, 1.82) is 0 Å². The van der Waals surface area contributed by atoms with Gasteiger partial charge in [-0.3, -0.25) is 9.78 Å². The highest BCUT2D eigenvalue weighted by Gasteiger charge is 2.15. The van der Waals surface area contributed by atoms with Crippen LogP contribution in [0.15, 0.2) is 47.2 Å². The molecule has 0 aliphatic heterocycles. The summed E-state index contributed by atoms with van der Waals surface area (Å²) in [5.74, 6) is 0.700. The molecule has 0 fully saturated rings. The summed E-state index contributed by atoms with van der Waals surface area (Å²) in [6.07, 6.45) is 3.06. The number of nitrogens with zero attached hydrogens (tertiary/aromatic N) is 2. The molecular weight excluding hydrogens is 322 g/mol. The van der Waals surface area contributed by atoms with Crippen LogP contribution in [0.3, 0.4) is 0 Å². The molecule has 0 saturated heterocycles. The molecule has 1 amide bonds. The standard InChI is InChI=1S/C18H19N3O4/c1-12(9-23-2)20-18(22)16-10-25-17(21-16)11-24-14-5-6-15-13(8-14)4-3-7-19-15/h3-8,10,12H,9,11H2,1-2H3,(H,20,22)/t12-/m1/s1. The first kappa shape index (κ1) is 16.9. The maximum Gasteiger partial charge on any atom is 0.273 e. The average Bonchev–Trinajstić information content (AvgIpc) is 3.09. The quantitative estimate of drug-likeness (QED) is 0.711. The number of pyridine rings is 1. The number of carbonyl (C=O) groups excluding carboxylic acids is 1. The zero-order chi connectivity index (χ0) is 17.6. The van der Waals surface area contributed by atoms with E-state index in [0.717, 1.165) is 10.9 Å². The number of aromatic nitrogens is 2. The summed E-state index contributed by atoms with van der Waals surface area (Å²) < 4.78 is 16.0. The maximum absolute atomic E-state index is 12.0. The minimum Gasteiger partial charge on any atom is -0.484 e. The smallest absolute Gasteiger partial charge is 0.273 e. The first-order valence-electron chi connectivity index (χ1n) is 7.87. The largest absolute Gasteiger partial charge is 0.484 e. The summed E-state index contributed by atoms with van der Waals surface area (Å²) in [6, 6.07) is 9.33. The molecule has 0 aliphatic rings. The van der Waals surface area contributed by atoms with Gasteiger partial charge in [-0.1, -0.05) is 6.07 Å². The molecule has 7 nitrogen and oxygen atoms in total. The lowest BCUT2D eigenvalue weighted by molar-refractivity contribution is 0.0900. The second kappa shape index (κ2) is 7.76. The number of oxazole rings is 1. The number of fused-ring (bicyclic) bond motifs is 1. The van der Waals surface area contributed by atoms with Crippen molar-refractivity contribution in [2.24, 2.45) is 0 Å². The number of benzene rings is 1. The Kier molecular flexibility index (Phi) is 5.25. The number of hydrogen-bond donors (Lipinski definition) is 1. The van der Waals surface area contributed by atoms with Crippen molar-refractivity contribution >= 4 is 16.8 Å². The van der Waals surface area contributed by atoms with Gasteiger partial charge < -0.3 is 19.2 Å². The van der Waals surface area contributed by atoms with Gasteiger partial charge in [0.05, 0.1) is 12.1 Å². The van der Waals surface area contributed by atoms with Crippen LogP contribution in [0.2, 0.25) is 0 Å². The van der Waals surface area contributed by atoms with Crippen LogP contribution < -0.4 is 10.1 Å². The van der Waals surface area contributed by atoms with Gasteiger partial charge in [0.25, 0.3) is 5.91 Å². The predicted octanol–water partition coefficient (Wildman–Crippen LogP) is 2.57. The summed E-state index contributed by atoms with van der Waals surface area (Å²) in [4.78, 5) is 20.4. The van der Waals surface area contributed by atoms with Crippen LogP contribution in [0.25, 0.3) is 10.9 Å². The van der Waals surface area contributed by atoms with Crippen LogP contribution in [0.1, 0.15) is 23.3 Å². The van der Waals surface area contributed by atoms with Gasteiger partial charge in [-0.25, -0.2) is 4.98 Å². The normalized spacial score (nSPS) is 12.1. The molecule has 3 aromatic rings. The molecule has 25 heavy (non-hydrogen) atoms. The molecule has 0 spiro atoms. The van der Waals surface area contributed by atoms with E-state index in [9.17, 15) is 4.79 Å². The second-order valence-electron chi connectivity index (χ2n) is 5.60. The number of rotatable bonds is 7. The van der Waals surface area contributed by atoms with Crippen LogP contribution >= 0.6 is 0 Å². The van der Waals surface area contributed by atoms with Gasteiger partial charge in [0, 0.05) is 24.7 Å². The molecular formula is C18H19N3O4. The Hall–Kier alpha value is -2.93. The molecule has 0 bridgehead atoms. The molecule has 0 unspecified atom stereocenters. The first-order chi connectivity index (χ1) is 12.2. The van der Waals surface area contributed by atoms with E-state index < -0.39 is 0 Å². The monoisotopic (exact) mass is 341 g/mol. The van der Waals surface area contributed by atoms with Gasteiger partial charge in [0.2, 0.25) is 5.89 Å². The molecule has 7 heteroatoms. The van der Waals surface area contributed by atoms with Gasteiger partial charge in [0.1, 0.15) is 12.0 Å². The lowest BCUT2D eigenvalue weighted by Gasteiger charge is -2.10. The summed E-state index contributed by atoms with van der Waals surface area (Å²) in [7, 11) is 1.58. The second-order valence-corrected chi connectivity index (χ2v) is 5.60. The van der Waals surface area contributed by atoms with Crippen LogP contribution in [-0.4, -0.2) is 35.6 Å². The van der Waals surface area contributed by atoms with E-state index in [0.29, 0.717) is 18.2 Å². The highest BCUT2D eigenvalue weighted by Crippen LogP contribution is 2.19. The number of methoxy groups -OCH3 is 1. The van der Waals surface area contributed by atoms with E-state index in [1.165, 1.54) is 6.26 Å². The summed E-state index contributed by atoms with van der Waals surface area (Å²) in [5, 5.41) is 3.76. The Labute approximate surface area is 145 Å². The van der Waals surface area contributed by atoms with Crippen LogP contribution in [0, 0.1) is 0 Å². The third kappa shape index (κ3) is 4.33. The Bertz CT molecular complexity index is 862. The summed E-state index contributed by atoms with van der Waals surface area (Å²) in [5.41, 5.74) is 1.11. The Morgan fingerprint density at radius 3 is 3.08 bits per heavy atom. The van der Waals surface area contributed by atoms with Crippen LogP contribution in [-0.2, 0) is 11.3 Å². The summed E-state index contributed by atoms with van der Waals surface area (Å²) in [6.45, 7) is 2.41. The predicted molar refractivity (Wildman–Crippen MR) is 91.4 cm³/mol. The SMILES string of the molecule is COC[C@@H](C)NC(=O)c1coc(COc2ccc3ncccc3c2)n1. The van der Waals surface area contributed by atoms with Crippen molar-refractivity contribution in [2.45, 2.75) is 19.6 Å². The van der Waals surface area contributed by atoms with Crippen molar-refractivity contribution in [3.05, 3.63) is 54.4 Å². The highest BCUT2D eigenvalue weighted by atomic mass is 16.5. The van der Waals surface area contributed by atoms with E-state index in [2.05, 4.69) is 15.3 Å². The minimum absolute atomic E-state index is 0.111. The van der Waals surface area contributed by atoms with E-state index in [1.807, 2.05) is 37.3 Å². The first-order valence-corrected chi connectivity index (χ1v) is 7.87. The zero-order valence-electron chi connectivity index (χ0n) is 14.1. The lowest BCUT2D eigenvalue weighted by Crippen LogP contribution is -2.35. The topological polar surface area (TPSA) is 86.5 Å². The summed E-state index contributed by atoms with van der Waals surface area (Å²) >= 11 is 0. The van der Waals surface area contributed by atoms with Crippen molar-refractivity contribution in [2.75, 3.05) is 13.7 Å². The number of carbonyl (C=O) groups is 1.